The quantitative estimate of drug-likeness (QED) is 0.409. The number of fused-ring (bicyclic) bond motifs is 1. The van der Waals surface area contributed by atoms with E-state index in [1.165, 1.54) is 19.4 Å². The molecule has 2 aliphatic rings. The number of hydrogen-bond donors (Lipinski definition) is 0. The van der Waals surface area contributed by atoms with Crippen LogP contribution in [-0.4, -0.2) is 41.8 Å². The monoisotopic (exact) mass is 178 g/mol. The highest BCUT2D eigenvalue weighted by Crippen LogP contribution is 2.25. The SMILES string of the molecule is CC(C)(C)N1CCN2CC=CCB21. The van der Waals surface area contributed by atoms with E-state index in [-0.39, 0.29) is 0 Å². The lowest BCUT2D eigenvalue weighted by Crippen LogP contribution is -2.52. The van der Waals surface area contributed by atoms with Crippen LogP contribution < -0.4 is 0 Å². The van der Waals surface area contributed by atoms with Crippen molar-refractivity contribution < 1.29 is 0 Å². The molecule has 0 aromatic heterocycles. The molecule has 0 aromatic rings. The van der Waals surface area contributed by atoms with Crippen LogP contribution in [0.1, 0.15) is 20.8 Å². The summed E-state index contributed by atoms with van der Waals surface area (Å²) in [5.41, 5.74) is 0.324. The summed E-state index contributed by atoms with van der Waals surface area (Å²) in [4.78, 5) is 5.20. The molecule has 0 N–H and O–H groups in total. The van der Waals surface area contributed by atoms with E-state index in [1.54, 1.807) is 0 Å². The van der Waals surface area contributed by atoms with Gasteiger partial charge in [0, 0.05) is 25.2 Å². The Balaban J connectivity index is 2.12. The molecule has 72 valence electrons. The summed E-state index contributed by atoms with van der Waals surface area (Å²) in [6, 6.07) is 0. The molecule has 0 spiro atoms. The molecule has 2 heterocycles. The third-order valence-electron chi connectivity index (χ3n) is 3.12. The molecule has 0 aliphatic carbocycles. The van der Waals surface area contributed by atoms with Crippen molar-refractivity contribution in [2.75, 3.05) is 19.6 Å². The molecule has 0 atom stereocenters. The van der Waals surface area contributed by atoms with Crippen LogP contribution in [-0.2, 0) is 0 Å². The fourth-order valence-electron chi connectivity index (χ4n) is 2.43. The van der Waals surface area contributed by atoms with Crippen LogP contribution in [0.4, 0.5) is 0 Å². The van der Waals surface area contributed by atoms with Gasteiger partial charge in [-0.2, -0.15) is 0 Å². The molecule has 0 aromatic carbocycles. The Morgan fingerprint density at radius 3 is 2.62 bits per heavy atom. The predicted molar refractivity (Wildman–Crippen MR) is 57.7 cm³/mol. The second-order valence-corrected chi connectivity index (χ2v) is 5.05. The van der Waals surface area contributed by atoms with Crippen molar-refractivity contribution in [3.05, 3.63) is 12.2 Å². The van der Waals surface area contributed by atoms with Gasteiger partial charge in [0.15, 0.2) is 0 Å². The molecular weight excluding hydrogens is 159 g/mol. The Bertz CT molecular complexity index is 219. The average molecular weight is 178 g/mol. The smallest absolute Gasteiger partial charge is 0.315 e. The van der Waals surface area contributed by atoms with Crippen molar-refractivity contribution in [1.82, 2.24) is 9.62 Å². The maximum absolute atomic E-state index is 2.62. The van der Waals surface area contributed by atoms with E-state index in [1.807, 2.05) is 0 Å². The molecule has 0 amide bonds. The second-order valence-electron chi connectivity index (χ2n) is 5.05. The molecule has 0 unspecified atom stereocenters. The van der Waals surface area contributed by atoms with Gasteiger partial charge >= 0.3 is 6.98 Å². The first-order valence-corrected chi connectivity index (χ1v) is 5.25. The van der Waals surface area contributed by atoms with Crippen molar-refractivity contribution in [2.24, 2.45) is 0 Å². The van der Waals surface area contributed by atoms with Crippen LogP contribution in [0.5, 0.6) is 0 Å². The van der Waals surface area contributed by atoms with E-state index >= 15 is 0 Å². The molecule has 0 radical (unpaired) electrons. The molecular formula is C10H19BN2. The minimum atomic E-state index is 0.324. The van der Waals surface area contributed by atoms with E-state index in [9.17, 15) is 0 Å². The van der Waals surface area contributed by atoms with Crippen LogP contribution >= 0.6 is 0 Å². The maximum atomic E-state index is 2.62. The largest absolute Gasteiger partial charge is 0.323 e. The van der Waals surface area contributed by atoms with Crippen LogP contribution in [0.25, 0.3) is 0 Å². The molecule has 1 saturated heterocycles. The summed E-state index contributed by atoms with van der Waals surface area (Å²) in [5, 5.41) is 0. The van der Waals surface area contributed by atoms with Gasteiger partial charge in [-0.1, -0.05) is 12.2 Å². The van der Waals surface area contributed by atoms with Crippen molar-refractivity contribution in [3.8, 4) is 0 Å². The lowest BCUT2D eigenvalue weighted by atomic mass is 9.66. The van der Waals surface area contributed by atoms with E-state index in [0.717, 1.165) is 6.54 Å². The fourth-order valence-corrected chi connectivity index (χ4v) is 2.43. The number of hydrogen-bond acceptors (Lipinski definition) is 2. The zero-order valence-corrected chi connectivity index (χ0v) is 8.95. The third-order valence-corrected chi connectivity index (χ3v) is 3.12. The third kappa shape index (κ3) is 1.68. The van der Waals surface area contributed by atoms with Gasteiger partial charge in [-0.15, -0.1) is 0 Å². The van der Waals surface area contributed by atoms with Crippen molar-refractivity contribution in [2.45, 2.75) is 32.6 Å². The molecule has 0 saturated carbocycles. The number of rotatable bonds is 0. The first-order valence-electron chi connectivity index (χ1n) is 5.25. The lowest BCUT2D eigenvalue weighted by Gasteiger charge is -2.37. The molecule has 0 bridgehead atoms. The van der Waals surface area contributed by atoms with Gasteiger partial charge in [0.05, 0.1) is 0 Å². The van der Waals surface area contributed by atoms with Gasteiger partial charge in [0.2, 0.25) is 0 Å². The van der Waals surface area contributed by atoms with Gasteiger partial charge in [-0.3, -0.25) is 0 Å². The van der Waals surface area contributed by atoms with Crippen LogP contribution in [0.2, 0.25) is 6.32 Å². The molecule has 2 aliphatic heterocycles. The molecule has 1 fully saturated rings. The minimum absolute atomic E-state index is 0.324. The lowest BCUT2D eigenvalue weighted by molar-refractivity contribution is 0.269. The summed E-state index contributed by atoms with van der Waals surface area (Å²) in [6.07, 6.45) is 5.82. The van der Waals surface area contributed by atoms with Crippen molar-refractivity contribution in [1.29, 1.82) is 0 Å². The summed E-state index contributed by atoms with van der Waals surface area (Å²) < 4.78 is 0. The maximum Gasteiger partial charge on any atom is 0.315 e. The highest BCUT2D eigenvalue weighted by Gasteiger charge is 2.41. The molecule has 3 heteroatoms. The highest BCUT2D eigenvalue weighted by molar-refractivity contribution is 6.54. The van der Waals surface area contributed by atoms with Crippen molar-refractivity contribution >= 4 is 6.98 Å². The van der Waals surface area contributed by atoms with Crippen LogP contribution in [0.15, 0.2) is 12.2 Å². The van der Waals surface area contributed by atoms with E-state index in [4.69, 9.17) is 0 Å². The molecule has 2 rings (SSSR count). The van der Waals surface area contributed by atoms with Crippen LogP contribution in [0, 0.1) is 0 Å². The molecule has 2 nitrogen and oxygen atoms in total. The first-order chi connectivity index (χ1) is 6.09. The Hall–Kier alpha value is -0.275. The van der Waals surface area contributed by atoms with Gasteiger partial charge in [0.25, 0.3) is 0 Å². The van der Waals surface area contributed by atoms with E-state index < -0.39 is 0 Å². The fraction of sp³-hybridized carbons (Fsp3) is 0.800. The van der Waals surface area contributed by atoms with Crippen molar-refractivity contribution in [3.63, 3.8) is 0 Å². The van der Waals surface area contributed by atoms with Gasteiger partial charge < -0.3 is 9.62 Å². The average Bonchev–Trinajstić information content (AvgIpc) is 2.45. The predicted octanol–water partition coefficient (Wildman–Crippen LogP) is 1.46. The number of nitrogens with zero attached hydrogens (tertiary/aromatic N) is 2. The molecule has 13 heavy (non-hydrogen) atoms. The summed E-state index contributed by atoms with van der Waals surface area (Å²) in [5.74, 6) is 0. The topological polar surface area (TPSA) is 6.48 Å². The van der Waals surface area contributed by atoms with Crippen LogP contribution in [0.3, 0.4) is 0 Å². The van der Waals surface area contributed by atoms with Gasteiger partial charge in [-0.05, 0) is 27.1 Å². The van der Waals surface area contributed by atoms with E-state index in [2.05, 4.69) is 42.5 Å². The number of allylic oxidation sites excluding steroid dienone is 1. The zero-order valence-electron chi connectivity index (χ0n) is 8.95. The normalized spacial score (nSPS) is 25.3. The van der Waals surface area contributed by atoms with E-state index in [0.29, 0.717) is 12.5 Å². The van der Waals surface area contributed by atoms with Gasteiger partial charge in [-0.25, -0.2) is 0 Å². The Morgan fingerprint density at radius 1 is 1.15 bits per heavy atom. The standard InChI is InChI=1S/C10H19BN2/c1-10(2,3)13-9-8-12-7-5-4-6-11(12)13/h4-5H,6-9H2,1-3H3. The van der Waals surface area contributed by atoms with Gasteiger partial charge in [0.1, 0.15) is 0 Å². The summed E-state index contributed by atoms with van der Waals surface area (Å²) in [6.45, 7) is 11.2. The Kier molecular flexibility index (Phi) is 2.24. The zero-order chi connectivity index (χ0) is 9.47. The highest BCUT2D eigenvalue weighted by atomic mass is 15.3. The summed E-state index contributed by atoms with van der Waals surface area (Å²) in [7, 11) is 0. The summed E-state index contributed by atoms with van der Waals surface area (Å²) >= 11 is 0. The Labute approximate surface area is 81.7 Å². The second kappa shape index (κ2) is 3.14. The minimum Gasteiger partial charge on any atom is -0.323 e. The Morgan fingerprint density at radius 2 is 1.92 bits per heavy atom. The first kappa shape index (κ1) is 9.29.